The van der Waals surface area contributed by atoms with E-state index in [0.717, 1.165) is 6.07 Å². The highest BCUT2D eigenvalue weighted by Crippen LogP contribution is 2.44. The number of hydrogen-bond donors (Lipinski definition) is 1. The topological polar surface area (TPSA) is 63.3 Å². The van der Waals surface area contributed by atoms with Gasteiger partial charge in [0, 0.05) is 12.0 Å². The second-order valence-electron chi connectivity index (χ2n) is 5.42. The molecule has 4 nitrogen and oxygen atoms in total. The second-order valence-corrected chi connectivity index (χ2v) is 5.82. The minimum absolute atomic E-state index is 0.150. The third-order valence-electron chi connectivity index (χ3n) is 3.86. The molecule has 0 amide bonds. The van der Waals surface area contributed by atoms with E-state index in [1.54, 1.807) is 0 Å². The van der Waals surface area contributed by atoms with Crippen LogP contribution in [-0.4, -0.2) is 16.1 Å². The summed E-state index contributed by atoms with van der Waals surface area (Å²) in [5.41, 5.74) is 0.639. The Balaban J connectivity index is 2.06. The Kier molecular flexibility index (Phi) is 3.17. The van der Waals surface area contributed by atoms with E-state index in [9.17, 15) is 14.3 Å². The van der Waals surface area contributed by atoms with Crippen molar-refractivity contribution in [3.05, 3.63) is 28.9 Å². The third-order valence-corrected chi connectivity index (χ3v) is 4.14. The van der Waals surface area contributed by atoms with Crippen LogP contribution >= 0.6 is 11.6 Å². The number of fused-ring (bicyclic) bond motifs is 1. The first kappa shape index (κ1) is 13.4. The highest BCUT2D eigenvalue weighted by molar-refractivity contribution is 6.34. The van der Waals surface area contributed by atoms with Gasteiger partial charge in [0.2, 0.25) is 0 Å². The van der Waals surface area contributed by atoms with Crippen molar-refractivity contribution in [1.29, 1.82) is 0 Å². The lowest BCUT2D eigenvalue weighted by atomic mass is 9.96. The van der Waals surface area contributed by atoms with Gasteiger partial charge < -0.3 is 9.52 Å². The van der Waals surface area contributed by atoms with Crippen LogP contribution < -0.4 is 0 Å². The van der Waals surface area contributed by atoms with Gasteiger partial charge in [0.15, 0.2) is 11.5 Å². The van der Waals surface area contributed by atoms with E-state index in [1.807, 2.05) is 6.92 Å². The molecule has 106 valence electrons. The molecule has 2 aromatic rings. The molecule has 1 aliphatic rings. The molecule has 1 saturated carbocycles. The summed E-state index contributed by atoms with van der Waals surface area (Å²) < 4.78 is 18.9. The van der Waals surface area contributed by atoms with Crippen LogP contribution in [-0.2, 0) is 4.79 Å². The van der Waals surface area contributed by atoms with Gasteiger partial charge in [0.25, 0.3) is 0 Å². The summed E-state index contributed by atoms with van der Waals surface area (Å²) in [7, 11) is 0. The van der Waals surface area contributed by atoms with Gasteiger partial charge in [-0.1, -0.05) is 18.5 Å². The van der Waals surface area contributed by atoms with Gasteiger partial charge in [0.05, 0.1) is 10.9 Å². The molecular formula is C14H13ClFNO3. The number of rotatable bonds is 2. The maximum Gasteiger partial charge on any atom is 0.307 e. The number of carboxylic acids is 1. The zero-order chi connectivity index (χ0) is 14.4. The normalized spacial score (nSPS) is 26.2. The number of nitrogens with zero attached hydrogens (tertiary/aromatic N) is 1. The van der Waals surface area contributed by atoms with Gasteiger partial charge >= 0.3 is 5.97 Å². The fourth-order valence-electron chi connectivity index (χ4n) is 2.97. The van der Waals surface area contributed by atoms with Crippen LogP contribution in [0.3, 0.4) is 0 Å². The molecule has 0 saturated heterocycles. The van der Waals surface area contributed by atoms with Crippen molar-refractivity contribution in [1.82, 2.24) is 4.98 Å². The summed E-state index contributed by atoms with van der Waals surface area (Å²) in [5.74, 6) is -1.50. The first-order chi connectivity index (χ1) is 9.45. The molecular weight excluding hydrogens is 285 g/mol. The standard InChI is InChI=1S/C14H13ClFNO3/c1-6-2-8(9(3-6)14(18)19)13-17-11-5-7(16)4-10(15)12(11)20-13/h4-6,8-9H,2-3H2,1H3,(H,18,19). The van der Waals surface area contributed by atoms with Crippen molar-refractivity contribution in [2.24, 2.45) is 11.8 Å². The highest BCUT2D eigenvalue weighted by Gasteiger charge is 2.40. The van der Waals surface area contributed by atoms with E-state index >= 15 is 0 Å². The number of halogens is 2. The zero-order valence-electron chi connectivity index (χ0n) is 10.8. The molecule has 1 fully saturated rings. The van der Waals surface area contributed by atoms with Crippen molar-refractivity contribution >= 4 is 28.7 Å². The molecule has 0 spiro atoms. The van der Waals surface area contributed by atoms with Gasteiger partial charge in [-0.3, -0.25) is 4.79 Å². The SMILES string of the molecule is CC1CC(C(=O)O)C(c2nc3cc(F)cc(Cl)c3o2)C1. The summed E-state index contributed by atoms with van der Waals surface area (Å²) >= 11 is 5.92. The Labute approximate surface area is 119 Å². The van der Waals surface area contributed by atoms with Crippen LogP contribution in [0.4, 0.5) is 4.39 Å². The van der Waals surface area contributed by atoms with E-state index in [4.69, 9.17) is 16.0 Å². The lowest BCUT2D eigenvalue weighted by Gasteiger charge is -2.10. The van der Waals surface area contributed by atoms with Gasteiger partial charge in [-0.2, -0.15) is 0 Å². The maximum absolute atomic E-state index is 13.3. The summed E-state index contributed by atoms with van der Waals surface area (Å²) in [6.07, 6.45) is 1.30. The van der Waals surface area contributed by atoms with Crippen molar-refractivity contribution < 1.29 is 18.7 Å². The molecule has 6 heteroatoms. The Bertz CT molecular complexity index is 684. The third kappa shape index (κ3) is 2.16. The summed E-state index contributed by atoms with van der Waals surface area (Å²) in [4.78, 5) is 15.5. The molecule has 3 rings (SSSR count). The van der Waals surface area contributed by atoms with Crippen LogP contribution in [0, 0.1) is 17.7 Å². The summed E-state index contributed by atoms with van der Waals surface area (Å²) in [6.45, 7) is 2.01. The maximum atomic E-state index is 13.3. The molecule has 1 heterocycles. The Morgan fingerprint density at radius 2 is 2.25 bits per heavy atom. The van der Waals surface area contributed by atoms with Gasteiger partial charge in [0.1, 0.15) is 11.3 Å². The summed E-state index contributed by atoms with van der Waals surface area (Å²) in [5, 5.41) is 9.43. The van der Waals surface area contributed by atoms with Gasteiger partial charge in [-0.25, -0.2) is 9.37 Å². The van der Waals surface area contributed by atoms with Crippen molar-refractivity contribution in [3.63, 3.8) is 0 Å². The average molecular weight is 298 g/mol. The number of aliphatic carboxylic acids is 1. The molecule has 3 unspecified atom stereocenters. The number of carbonyl (C=O) groups is 1. The van der Waals surface area contributed by atoms with E-state index in [2.05, 4.69) is 4.98 Å². The van der Waals surface area contributed by atoms with Crippen LogP contribution in [0.5, 0.6) is 0 Å². The van der Waals surface area contributed by atoms with E-state index in [-0.39, 0.29) is 10.9 Å². The van der Waals surface area contributed by atoms with Crippen molar-refractivity contribution in [3.8, 4) is 0 Å². The van der Waals surface area contributed by atoms with Crippen LogP contribution in [0.1, 0.15) is 31.6 Å². The minimum Gasteiger partial charge on any atom is -0.481 e. The number of carboxylic acid groups (broad SMARTS) is 1. The first-order valence-corrected chi connectivity index (χ1v) is 6.81. The number of aromatic nitrogens is 1. The lowest BCUT2D eigenvalue weighted by Crippen LogP contribution is -2.17. The van der Waals surface area contributed by atoms with Crippen LogP contribution in [0.25, 0.3) is 11.1 Å². The zero-order valence-corrected chi connectivity index (χ0v) is 11.5. The molecule has 0 radical (unpaired) electrons. The fraction of sp³-hybridized carbons (Fsp3) is 0.429. The van der Waals surface area contributed by atoms with Gasteiger partial charge in [-0.05, 0) is 24.8 Å². The quantitative estimate of drug-likeness (QED) is 0.915. The van der Waals surface area contributed by atoms with Crippen molar-refractivity contribution in [2.75, 3.05) is 0 Å². The molecule has 1 aromatic carbocycles. The fourth-order valence-corrected chi connectivity index (χ4v) is 3.21. The minimum atomic E-state index is -0.848. The van der Waals surface area contributed by atoms with E-state index in [0.29, 0.717) is 35.7 Å². The second kappa shape index (κ2) is 4.74. The lowest BCUT2D eigenvalue weighted by molar-refractivity contribution is -0.142. The van der Waals surface area contributed by atoms with Crippen LogP contribution in [0.15, 0.2) is 16.5 Å². The monoisotopic (exact) mass is 297 g/mol. The molecule has 3 atom stereocenters. The largest absolute Gasteiger partial charge is 0.481 e. The predicted octanol–water partition coefficient (Wildman–Crippen LogP) is 3.83. The smallest absolute Gasteiger partial charge is 0.307 e. The molecule has 0 aliphatic heterocycles. The van der Waals surface area contributed by atoms with Crippen LogP contribution in [0.2, 0.25) is 5.02 Å². The summed E-state index contributed by atoms with van der Waals surface area (Å²) in [6, 6.07) is 2.40. The Morgan fingerprint density at radius 3 is 2.95 bits per heavy atom. The molecule has 1 aliphatic carbocycles. The molecule has 0 bridgehead atoms. The van der Waals surface area contributed by atoms with E-state index in [1.165, 1.54) is 6.07 Å². The Hall–Kier alpha value is -1.62. The highest BCUT2D eigenvalue weighted by atomic mass is 35.5. The molecule has 1 N–H and O–H groups in total. The first-order valence-electron chi connectivity index (χ1n) is 6.44. The van der Waals surface area contributed by atoms with Crippen molar-refractivity contribution in [2.45, 2.75) is 25.7 Å². The predicted molar refractivity (Wildman–Crippen MR) is 71.2 cm³/mol. The van der Waals surface area contributed by atoms with Gasteiger partial charge in [-0.15, -0.1) is 0 Å². The number of benzene rings is 1. The Morgan fingerprint density at radius 1 is 1.50 bits per heavy atom. The number of oxazole rings is 1. The average Bonchev–Trinajstić information content (AvgIpc) is 2.92. The molecule has 1 aromatic heterocycles. The number of hydrogen-bond acceptors (Lipinski definition) is 3. The molecule has 20 heavy (non-hydrogen) atoms. The van der Waals surface area contributed by atoms with E-state index < -0.39 is 17.7 Å².